The minimum atomic E-state index is 0.991. The molecule has 0 N–H and O–H groups in total. The topological polar surface area (TPSA) is 3.88 Å². The zero-order valence-electron chi connectivity index (χ0n) is 13.2. The summed E-state index contributed by atoms with van der Waals surface area (Å²) in [6.07, 6.45) is 16.7. The van der Waals surface area contributed by atoms with Gasteiger partial charge in [0, 0.05) is 12.1 Å². The molecule has 1 rings (SSSR count). The Morgan fingerprint density at radius 3 is 2.11 bits per heavy atom. The number of rotatable bonds is 10. The molecule has 1 heterocycles. The van der Waals surface area contributed by atoms with Crippen LogP contribution in [0.2, 0.25) is 0 Å². The second kappa shape index (κ2) is 10.00. The van der Waals surface area contributed by atoms with E-state index >= 15 is 0 Å². The van der Waals surface area contributed by atoms with Crippen molar-refractivity contribution in [2.24, 2.45) is 13.0 Å². The predicted octanol–water partition coefficient (Wildman–Crippen LogP) is 4.83. The van der Waals surface area contributed by atoms with Gasteiger partial charge in [0.05, 0.1) is 0 Å². The van der Waals surface area contributed by atoms with E-state index in [0.717, 1.165) is 5.92 Å². The maximum Gasteiger partial charge on any atom is 0.168 e. The Labute approximate surface area is 120 Å². The van der Waals surface area contributed by atoms with Gasteiger partial charge in [0.15, 0.2) is 12.4 Å². The molecular weight excluding hydrogens is 230 g/mol. The van der Waals surface area contributed by atoms with Gasteiger partial charge >= 0.3 is 0 Å². The molecule has 0 bridgehead atoms. The molecule has 0 radical (unpaired) electrons. The van der Waals surface area contributed by atoms with Crippen molar-refractivity contribution in [1.29, 1.82) is 0 Å². The highest BCUT2D eigenvalue weighted by molar-refractivity contribution is 5.06. The number of aromatic nitrogens is 1. The normalized spacial score (nSPS) is 11.2. The van der Waals surface area contributed by atoms with Crippen LogP contribution in [0.3, 0.4) is 0 Å². The molecule has 0 unspecified atom stereocenters. The van der Waals surface area contributed by atoms with Crippen LogP contribution in [0.4, 0.5) is 0 Å². The SMILES string of the molecule is CCCC(CCC)CCCCCc1cc[n+](C)cc1. The van der Waals surface area contributed by atoms with Crippen molar-refractivity contribution in [1.82, 2.24) is 0 Å². The fourth-order valence-electron chi connectivity index (χ4n) is 2.89. The molecule has 1 nitrogen and oxygen atoms in total. The monoisotopic (exact) mass is 262 g/mol. The lowest BCUT2D eigenvalue weighted by atomic mass is 9.92. The van der Waals surface area contributed by atoms with Crippen LogP contribution in [0.5, 0.6) is 0 Å². The molecule has 0 amide bonds. The molecule has 0 aliphatic carbocycles. The number of unbranched alkanes of at least 4 members (excludes halogenated alkanes) is 2. The van der Waals surface area contributed by atoms with Crippen molar-refractivity contribution < 1.29 is 4.57 Å². The Morgan fingerprint density at radius 1 is 0.895 bits per heavy atom. The van der Waals surface area contributed by atoms with Crippen LogP contribution in [-0.4, -0.2) is 0 Å². The van der Waals surface area contributed by atoms with E-state index < -0.39 is 0 Å². The van der Waals surface area contributed by atoms with Gasteiger partial charge < -0.3 is 0 Å². The van der Waals surface area contributed by atoms with Crippen LogP contribution >= 0.6 is 0 Å². The largest absolute Gasteiger partial charge is 0.208 e. The summed E-state index contributed by atoms with van der Waals surface area (Å²) in [5.74, 6) is 0.991. The molecule has 0 spiro atoms. The van der Waals surface area contributed by atoms with Gasteiger partial charge in [-0.2, -0.15) is 0 Å². The van der Waals surface area contributed by atoms with Gasteiger partial charge in [-0.25, -0.2) is 4.57 Å². The van der Waals surface area contributed by atoms with Crippen LogP contribution in [0.25, 0.3) is 0 Å². The van der Waals surface area contributed by atoms with Crippen molar-refractivity contribution >= 4 is 0 Å². The highest BCUT2D eigenvalue weighted by atomic mass is 14.9. The molecule has 0 aliphatic rings. The van der Waals surface area contributed by atoms with E-state index in [9.17, 15) is 0 Å². The third-order valence-electron chi connectivity index (χ3n) is 4.02. The van der Waals surface area contributed by atoms with Crippen LogP contribution in [-0.2, 0) is 13.5 Å². The predicted molar refractivity (Wildman–Crippen MR) is 83.1 cm³/mol. The number of nitrogens with zero attached hydrogens (tertiary/aromatic N) is 1. The molecule has 1 aromatic rings. The summed E-state index contributed by atoms with van der Waals surface area (Å²) in [5, 5.41) is 0. The molecule has 0 aliphatic heterocycles. The third-order valence-corrected chi connectivity index (χ3v) is 4.02. The first-order chi connectivity index (χ1) is 9.26. The first kappa shape index (κ1) is 16.2. The fraction of sp³-hybridized carbons (Fsp3) is 0.722. The third kappa shape index (κ3) is 7.34. The molecule has 108 valence electrons. The van der Waals surface area contributed by atoms with Crippen molar-refractivity contribution in [2.45, 2.75) is 71.6 Å². The number of pyridine rings is 1. The minimum absolute atomic E-state index is 0.991. The second-order valence-corrected chi connectivity index (χ2v) is 5.91. The summed E-state index contributed by atoms with van der Waals surface area (Å²) in [6, 6.07) is 4.49. The summed E-state index contributed by atoms with van der Waals surface area (Å²) >= 11 is 0. The van der Waals surface area contributed by atoms with Gasteiger partial charge in [0.2, 0.25) is 0 Å². The Morgan fingerprint density at radius 2 is 1.53 bits per heavy atom. The second-order valence-electron chi connectivity index (χ2n) is 5.91. The summed E-state index contributed by atoms with van der Waals surface area (Å²) in [7, 11) is 2.07. The van der Waals surface area contributed by atoms with Gasteiger partial charge in [-0.3, -0.25) is 0 Å². The van der Waals surface area contributed by atoms with Crippen LogP contribution in [0.15, 0.2) is 24.5 Å². The smallest absolute Gasteiger partial charge is 0.168 e. The molecule has 0 saturated heterocycles. The van der Waals surface area contributed by atoms with E-state index in [1.165, 1.54) is 63.4 Å². The molecule has 19 heavy (non-hydrogen) atoms. The lowest BCUT2D eigenvalue weighted by Crippen LogP contribution is -2.25. The fourth-order valence-corrected chi connectivity index (χ4v) is 2.89. The van der Waals surface area contributed by atoms with Crippen molar-refractivity contribution in [3.8, 4) is 0 Å². The highest BCUT2D eigenvalue weighted by Crippen LogP contribution is 2.21. The lowest BCUT2D eigenvalue weighted by molar-refractivity contribution is -0.671. The van der Waals surface area contributed by atoms with Crippen LogP contribution in [0.1, 0.15) is 70.8 Å². The van der Waals surface area contributed by atoms with Crippen molar-refractivity contribution in [2.75, 3.05) is 0 Å². The van der Waals surface area contributed by atoms with Gasteiger partial charge in [-0.15, -0.1) is 0 Å². The quantitative estimate of drug-likeness (QED) is 0.420. The summed E-state index contributed by atoms with van der Waals surface area (Å²) in [4.78, 5) is 0. The van der Waals surface area contributed by atoms with Crippen LogP contribution in [0, 0.1) is 5.92 Å². The molecule has 1 heteroatoms. The summed E-state index contributed by atoms with van der Waals surface area (Å²) in [6.45, 7) is 4.64. The Bertz CT molecular complexity index is 309. The van der Waals surface area contributed by atoms with Gasteiger partial charge in [-0.05, 0) is 24.3 Å². The Balaban J connectivity index is 2.11. The van der Waals surface area contributed by atoms with E-state index in [2.05, 4.69) is 50.0 Å². The molecule has 1 aromatic heterocycles. The van der Waals surface area contributed by atoms with Gasteiger partial charge in [0.1, 0.15) is 7.05 Å². The Hall–Kier alpha value is -0.850. The number of aryl methyl sites for hydroxylation is 2. The lowest BCUT2D eigenvalue weighted by Gasteiger charge is -2.14. The van der Waals surface area contributed by atoms with Gasteiger partial charge in [-0.1, -0.05) is 58.8 Å². The average molecular weight is 262 g/mol. The van der Waals surface area contributed by atoms with Gasteiger partial charge in [0.25, 0.3) is 0 Å². The van der Waals surface area contributed by atoms with E-state index in [0.29, 0.717) is 0 Å². The zero-order valence-corrected chi connectivity index (χ0v) is 13.2. The molecule has 0 saturated carbocycles. The minimum Gasteiger partial charge on any atom is -0.208 e. The molecule has 0 aromatic carbocycles. The molecule has 0 atom stereocenters. The first-order valence-electron chi connectivity index (χ1n) is 8.20. The zero-order chi connectivity index (χ0) is 13.9. The van der Waals surface area contributed by atoms with E-state index in [1.807, 2.05) is 0 Å². The molecule has 0 fully saturated rings. The standard InChI is InChI=1S/C18H32N/c1-4-9-17(10-5-2)11-7-6-8-12-18-13-15-19(3)16-14-18/h13-17H,4-12H2,1-3H3/q+1. The summed E-state index contributed by atoms with van der Waals surface area (Å²) < 4.78 is 2.10. The van der Waals surface area contributed by atoms with Crippen LogP contribution < -0.4 is 4.57 Å². The average Bonchev–Trinajstić information content (AvgIpc) is 2.41. The number of hydrogen-bond donors (Lipinski definition) is 0. The van der Waals surface area contributed by atoms with Crippen molar-refractivity contribution in [3.63, 3.8) is 0 Å². The number of hydrogen-bond acceptors (Lipinski definition) is 0. The summed E-state index contributed by atoms with van der Waals surface area (Å²) in [5.41, 5.74) is 1.48. The Kier molecular flexibility index (Phi) is 8.53. The van der Waals surface area contributed by atoms with E-state index in [1.54, 1.807) is 0 Å². The van der Waals surface area contributed by atoms with E-state index in [4.69, 9.17) is 0 Å². The highest BCUT2D eigenvalue weighted by Gasteiger charge is 2.06. The molecular formula is C18H32N+. The van der Waals surface area contributed by atoms with E-state index in [-0.39, 0.29) is 0 Å². The maximum absolute atomic E-state index is 2.32. The first-order valence-corrected chi connectivity index (χ1v) is 8.20. The van der Waals surface area contributed by atoms with Crippen molar-refractivity contribution in [3.05, 3.63) is 30.1 Å². The maximum atomic E-state index is 2.32.